The summed E-state index contributed by atoms with van der Waals surface area (Å²) in [5.41, 5.74) is 4.57. The summed E-state index contributed by atoms with van der Waals surface area (Å²) in [4.78, 5) is 15.2. The van der Waals surface area contributed by atoms with Crippen LogP contribution in [0.5, 0.6) is 0 Å². The van der Waals surface area contributed by atoms with Crippen molar-refractivity contribution in [3.8, 4) is 0 Å². The number of hydrogen-bond donors (Lipinski definition) is 1. The van der Waals surface area contributed by atoms with Crippen LogP contribution >= 0.6 is 11.8 Å². The Morgan fingerprint density at radius 2 is 1.92 bits per heavy atom. The van der Waals surface area contributed by atoms with Gasteiger partial charge < -0.3 is 10.3 Å². The van der Waals surface area contributed by atoms with Crippen LogP contribution in [0.2, 0.25) is 0 Å². The van der Waals surface area contributed by atoms with Crippen LogP contribution < -0.4 is 5.43 Å². The quantitative estimate of drug-likeness (QED) is 0.907. The summed E-state index contributed by atoms with van der Waals surface area (Å²) in [5, 5.41) is 8.88. The molecule has 1 fully saturated rings. The fraction of sp³-hybridized carbons (Fsp3) is 0.471. The second kappa shape index (κ2) is 6.47. The van der Waals surface area contributed by atoms with Crippen LogP contribution in [0.25, 0.3) is 0 Å². The van der Waals surface area contributed by atoms with Gasteiger partial charge in [0.2, 0.25) is 11.1 Å². The van der Waals surface area contributed by atoms with Crippen LogP contribution in [0.15, 0.2) is 35.5 Å². The molecule has 2 atom stereocenters. The molecule has 0 radical (unpaired) electrons. The van der Waals surface area contributed by atoms with E-state index in [9.17, 15) is 4.79 Å². The van der Waals surface area contributed by atoms with Crippen molar-refractivity contribution in [3.05, 3.63) is 41.7 Å². The van der Waals surface area contributed by atoms with E-state index in [1.807, 2.05) is 34.7 Å². The van der Waals surface area contributed by atoms with Crippen LogP contribution in [0.4, 0.5) is 0 Å². The molecule has 1 saturated heterocycles. The van der Waals surface area contributed by atoms with Crippen molar-refractivity contribution in [3.63, 3.8) is 0 Å². The van der Waals surface area contributed by atoms with Crippen molar-refractivity contribution < 1.29 is 4.79 Å². The van der Waals surface area contributed by atoms with Gasteiger partial charge >= 0.3 is 0 Å². The first-order valence-corrected chi connectivity index (χ1v) is 9.31. The van der Waals surface area contributed by atoms with Crippen LogP contribution in [-0.4, -0.2) is 44.0 Å². The average Bonchev–Trinajstić information content (AvgIpc) is 3.02. The number of carbonyl (C=O) groups excluding carboxylic acids is 1. The number of likely N-dealkylation sites (tertiary alicyclic amines) is 1. The second-order valence-electron chi connectivity index (χ2n) is 6.31. The smallest absolute Gasteiger partial charge is 0.238 e. The molecule has 2 aliphatic heterocycles. The number of carbonyl (C=O) groups is 1. The predicted molar refractivity (Wildman–Crippen MR) is 93.4 cm³/mol. The van der Waals surface area contributed by atoms with E-state index in [4.69, 9.17) is 0 Å². The number of aromatic nitrogens is 3. The van der Waals surface area contributed by atoms with E-state index in [-0.39, 0.29) is 17.2 Å². The van der Waals surface area contributed by atoms with Gasteiger partial charge in [0.1, 0.15) is 11.1 Å². The number of benzene rings is 1. The third kappa shape index (κ3) is 2.77. The maximum atomic E-state index is 13.2. The summed E-state index contributed by atoms with van der Waals surface area (Å²) in [5.74, 6) is 1.01. The number of amides is 1. The minimum absolute atomic E-state index is 0.0900. The molecule has 2 aromatic rings. The van der Waals surface area contributed by atoms with Gasteiger partial charge in [0.25, 0.3) is 0 Å². The first-order valence-electron chi connectivity index (χ1n) is 8.43. The third-order valence-corrected chi connectivity index (χ3v) is 5.87. The van der Waals surface area contributed by atoms with E-state index >= 15 is 0 Å². The number of hydrogen-bond acceptors (Lipinski definition) is 5. The van der Waals surface area contributed by atoms with Gasteiger partial charge in [-0.25, -0.2) is 4.68 Å². The number of nitrogens with zero attached hydrogens (tertiary/aromatic N) is 4. The lowest BCUT2D eigenvalue weighted by Gasteiger charge is -2.37. The Morgan fingerprint density at radius 1 is 1.17 bits per heavy atom. The van der Waals surface area contributed by atoms with Gasteiger partial charge in [0.15, 0.2) is 0 Å². The highest BCUT2D eigenvalue weighted by Crippen LogP contribution is 2.38. The first-order chi connectivity index (χ1) is 11.7. The van der Waals surface area contributed by atoms with E-state index in [0.717, 1.165) is 42.5 Å². The van der Waals surface area contributed by atoms with E-state index in [1.54, 1.807) is 0 Å². The summed E-state index contributed by atoms with van der Waals surface area (Å²) in [6, 6.07) is 10.1. The van der Waals surface area contributed by atoms with Crippen molar-refractivity contribution in [1.29, 1.82) is 0 Å². The standard InChI is InChI=1S/C17H21N5OS/c1-12-18-19-17-22(12)20-14(13-8-4-2-5-9-13)15(24-17)16(23)21-10-6-3-7-11-21/h2,4-5,8-9,14-15,20H,3,6-7,10-11H2,1H3/t14-,15+/m1/s1. The number of piperidine rings is 1. The first kappa shape index (κ1) is 15.5. The molecule has 6 nitrogen and oxygen atoms in total. The minimum atomic E-state index is -0.221. The zero-order valence-corrected chi connectivity index (χ0v) is 14.5. The maximum Gasteiger partial charge on any atom is 0.238 e. The van der Waals surface area contributed by atoms with E-state index in [2.05, 4.69) is 27.8 Å². The van der Waals surface area contributed by atoms with Crippen molar-refractivity contribution in [1.82, 2.24) is 19.8 Å². The molecule has 3 heterocycles. The van der Waals surface area contributed by atoms with E-state index < -0.39 is 0 Å². The van der Waals surface area contributed by atoms with Crippen LogP contribution in [0.3, 0.4) is 0 Å². The van der Waals surface area contributed by atoms with Crippen molar-refractivity contribution in [2.45, 2.75) is 42.6 Å². The number of fused-ring (bicyclic) bond motifs is 1. The highest BCUT2D eigenvalue weighted by Gasteiger charge is 2.39. The highest BCUT2D eigenvalue weighted by atomic mass is 32.2. The van der Waals surface area contributed by atoms with Gasteiger partial charge in [-0.1, -0.05) is 42.1 Å². The second-order valence-corrected chi connectivity index (χ2v) is 7.42. The Kier molecular flexibility index (Phi) is 4.18. The summed E-state index contributed by atoms with van der Waals surface area (Å²) in [6.45, 7) is 3.64. The topological polar surface area (TPSA) is 63.1 Å². The lowest BCUT2D eigenvalue weighted by molar-refractivity contribution is -0.131. The van der Waals surface area contributed by atoms with Gasteiger partial charge in [0.05, 0.1) is 6.04 Å². The fourth-order valence-electron chi connectivity index (χ4n) is 3.35. The molecule has 1 aromatic heterocycles. The normalized spacial score (nSPS) is 23.5. The molecule has 7 heteroatoms. The average molecular weight is 343 g/mol. The Balaban J connectivity index is 1.67. The summed E-state index contributed by atoms with van der Waals surface area (Å²) in [7, 11) is 0. The Morgan fingerprint density at radius 3 is 2.67 bits per heavy atom. The monoisotopic (exact) mass is 343 g/mol. The molecule has 1 amide bonds. The summed E-state index contributed by atoms with van der Waals surface area (Å²) in [6.07, 6.45) is 3.42. The Labute approximate surface area is 145 Å². The Bertz CT molecular complexity index is 726. The van der Waals surface area contributed by atoms with Crippen molar-refractivity contribution in [2.24, 2.45) is 0 Å². The van der Waals surface area contributed by atoms with Crippen molar-refractivity contribution >= 4 is 17.7 Å². The molecular weight excluding hydrogens is 322 g/mol. The lowest BCUT2D eigenvalue weighted by Crippen LogP contribution is -2.47. The number of aryl methyl sites for hydroxylation is 1. The third-order valence-electron chi connectivity index (χ3n) is 4.67. The highest BCUT2D eigenvalue weighted by molar-refractivity contribution is 8.00. The Hall–Kier alpha value is -2.02. The minimum Gasteiger partial charge on any atom is -0.342 e. The molecule has 1 aromatic carbocycles. The van der Waals surface area contributed by atoms with Gasteiger partial charge in [-0.05, 0) is 31.7 Å². The molecular formula is C17H21N5OS. The molecule has 0 unspecified atom stereocenters. The number of thioether (sulfide) groups is 1. The summed E-state index contributed by atoms with van der Waals surface area (Å²) < 4.78 is 1.89. The molecule has 0 spiro atoms. The molecule has 2 aliphatic rings. The van der Waals surface area contributed by atoms with Gasteiger partial charge in [-0.15, -0.1) is 10.2 Å². The molecule has 0 saturated carbocycles. The van der Waals surface area contributed by atoms with E-state index in [0.29, 0.717) is 0 Å². The zero-order valence-electron chi connectivity index (χ0n) is 13.7. The molecule has 1 N–H and O–H groups in total. The molecule has 126 valence electrons. The zero-order chi connectivity index (χ0) is 16.5. The number of rotatable bonds is 2. The van der Waals surface area contributed by atoms with Crippen molar-refractivity contribution in [2.75, 3.05) is 18.5 Å². The SMILES string of the molecule is Cc1nnc2n1N[C@H](c1ccccc1)[C@@H](C(=O)N1CCCCC1)S2. The van der Waals surface area contributed by atoms with Gasteiger partial charge in [-0.2, -0.15) is 0 Å². The molecule has 4 rings (SSSR count). The largest absolute Gasteiger partial charge is 0.342 e. The number of nitrogens with one attached hydrogen (secondary N) is 1. The fourth-order valence-corrected chi connectivity index (χ4v) is 4.56. The van der Waals surface area contributed by atoms with E-state index in [1.165, 1.54) is 18.2 Å². The van der Waals surface area contributed by atoms with Crippen LogP contribution in [0.1, 0.15) is 36.7 Å². The maximum absolute atomic E-state index is 13.2. The molecule has 24 heavy (non-hydrogen) atoms. The molecule has 0 aliphatic carbocycles. The van der Waals surface area contributed by atoms with Crippen LogP contribution in [0, 0.1) is 6.92 Å². The predicted octanol–water partition coefficient (Wildman–Crippen LogP) is 2.36. The van der Waals surface area contributed by atoms with Crippen LogP contribution in [-0.2, 0) is 4.79 Å². The van der Waals surface area contributed by atoms with Gasteiger partial charge in [-0.3, -0.25) is 4.79 Å². The lowest BCUT2D eigenvalue weighted by atomic mass is 10.0. The molecule has 0 bridgehead atoms. The summed E-state index contributed by atoms with van der Waals surface area (Å²) >= 11 is 1.52. The van der Waals surface area contributed by atoms with Gasteiger partial charge in [0, 0.05) is 13.1 Å².